The second-order valence-electron chi connectivity index (χ2n) is 13.3. The number of nitrogens with zero attached hydrogens (tertiary/aromatic N) is 1. The van der Waals surface area contributed by atoms with E-state index < -0.39 is 12.2 Å². The van der Waals surface area contributed by atoms with Crippen molar-refractivity contribution in [1.82, 2.24) is 4.98 Å². The first-order valence-corrected chi connectivity index (χ1v) is 15.5. The summed E-state index contributed by atoms with van der Waals surface area (Å²) < 4.78 is 0. The van der Waals surface area contributed by atoms with E-state index in [1.807, 2.05) is 6.20 Å². The van der Waals surface area contributed by atoms with Crippen molar-refractivity contribution in [2.45, 2.75) is 112 Å². The van der Waals surface area contributed by atoms with Crippen LogP contribution in [0.4, 0.5) is 0 Å². The standard InChI is InChI=1S/C23H20N.C15H32O2.Ir/c1-23(2,3)19-12-13-24-22(15-19)18-11-10-17-9-8-16-6-4-5-7-20(16)21(17)14-18;1-7-14(5,8-2)12(16)11-13(17)15(6,9-3)10-4;/h4-10,12-15H,1-3H3;12-13,16-17H,7-11H2,1-6H3;/q-1;;. The molecule has 0 saturated carbocycles. The fourth-order valence-electron chi connectivity index (χ4n) is 5.36. The van der Waals surface area contributed by atoms with Crippen molar-refractivity contribution < 1.29 is 30.3 Å². The molecule has 4 rings (SSSR count). The van der Waals surface area contributed by atoms with Crippen molar-refractivity contribution in [3.8, 4) is 11.3 Å². The summed E-state index contributed by atoms with van der Waals surface area (Å²) in [5, 5.41) is 25.7. The summed E-state index contributed by atoms with van der Waals surface area (Å²) in [4.78, 5) is 4.58. The summed E-state index contributed by atoms with van der Waals surface area (Å²) in [7, 11) is 0. The Balaban J connectivity index is 0.000000307. The second-order valence-corrected chi connectivity index (χ2v) is 13.3. The average Bonchev–Trinajstić information content (AvgIpc) is 2.99. The molecule has 0 fully saturated rings. The van der Waals surface area contributed by atoms with Gasteiger partial charge in [0.15, 0.2) is 0 Å². The number of benzene rings is 3. The van der Waals surface area contributed by atoms with Gasteiger partial charge in [-0.3, -0.25) is 0 Å². The van der Waals surface area contributed by atoms with Gasteiger partial charge in [0.05, 0.1) is 12.2 Å². The molecule has 2 N–H and O–H groups in total. The summed E-state index contributed by atoms with van der Waals surface area (Å²) in [6, 6.07) is 24.8. The van der Waals surface area contributed by atoms with E-state index in [0.717, 1.165) is 36.9 Å². The normalized spacial score (nSPS) is 13.7. The maximum atomic E-state index is 10.3. The zero-order chi connectivity index (χ0) is 30.4. The topological polar surface area (TPSA) is 53.4 Å². The molecule has 1 aromatic heterocycles. The molecule has 0 spiro atoms. The summed E-state index contributed by atoms with van der Waals surface area (Å²) in [5.74, 6) is 0. The van der Waals surface area contributed by atoms with Gasteiger partial charge in [-0.1, -0.05) is 116 Å². The minimum absolute atomic E-state index is 0. The predicted molar refractivity (Wildman–Crippen MR) is 176 cm³/mol. The van der Waals surface area contributed by atoms with Gasteiger partial charge in [-0.15, -0.1) is 23.8 Å². The monoisotopic (exact) mass is 747 g/mol. The molecule has 1 radical (unpaired) electrons. The largest absolute Gasteiger partial charge is 0.392 e. The average molecular weight is 747 g/mol. The number of hydrogen-bond acceptors (Lipinski definition) is 3. The molecule has 0 aliphatic rings. The Morgan fingerprint density at radius 2 is 1.26 bits per heavy atom. The molecule has 4 heteroatoms. The molecule has 0 aliphatic heterocycles. The molecule has 1 heterocycles. The van der Waals surface area contributed by atoms with Crippen LogP contribution >= 0.6 is 0 Å². The Labute approximate surface area is 268 Å². The molecule has 231 valence electrons. The van der Waals surface area contributed by atoms with Crippen molar-refractivity contribution >= 4 is 21.5 Å². The Bertz CT molecular complexity index is 1390. The summed E-state index contributed by atoms with van der Waals surface area (Å²) in [6.07, 6.45) is 5.38. The predicted octanol–water partition coefficient (Wildman–Crippen LogP) is 9.90. The SMILES string of the molecule is CC(C)(C)c1ccnc(-c2[c-]cc3ccc4ccccc4c3c2)c1.CCC(C)(CC)C(O)CC(O)C(C)(CC)CC.[Ir]. The molecular formula is C38H52IrNO2-. The molecular weight excluding hydrogens is 695 g/mol. The summed E-state index contributed by atoms with van der Waals surface area (Å²) >= 11 is 0. The minimum atomic E-state index is -0.412. The third-order valence-corrected chi connectivity index (χ3v) is 9.86. The van der Waals surface area contributed by atoms with Crippen LogP contribution in [0.25, 0.3) is 32.8 Å². The van der Waals surface area contributed by atoms with Crippen LogP contribution < -0.4 is 0 Å². The molecule has 3 nitrogen and oxygen atoms in total. The van der Waals surface area contributed by atoms with Crippen LogP contribution in [-0.4, -0.2) is 27.4 Å². The van der Waals surface area contributed by atoms with E-state index in [0.29, 0.717) is 6.42 Å². The van der Waals surface area contributed by atoms with E-state index in [-0.39, 0.29) is 36.4 Å². The Morgan fingerprint density at radius 1 is 0.714 bits per heavy atom. The van der Waals surface area contributed by atoms with Crippen molar-refractivity contribution in [2.24, 2.45) is 10.8 Å². The van der Waals surface area contributed by atoms with Gasteiger partial charge in [0, 0.05) is 32.7 Å². The van der Waals surface area contributed by atoms with Gasteiger partial charge < -0.3 is 15.2 Å². The van der Waals surface area contributed by atoms with Crippen LogP contribution in [0.1, 0.15) is 100.0 Å². The zero-order valence-electron chi connectivity index (χ0n) is 27.2. The van der Waals surface area contributed by atoms with Crippen LogP contribution in [-0.2, 0) is 25.5 Å². The van der Waals surface area contributed by atoms with Crippen LogP contribution in [0.3, 0.4) is 0 Å². The van der Waals surface area contributed by atoms with E-state index in [1.54, 1.807) is 0 Å². The van der Waals surface area contributed by atoms with Crippen LogP contribution in [0.15, 0.2) is 66.9 Å². The van der Waals surface area contributed by atoms with Crippen molar-refractivity contribution in [2.75, 3.05) is 0 Å². The van der Waals surface area contributed by atoms with Crippen LogP contribution in [0.5, 0.6) is 0 Å². The Morgan fingerprint density at radius 3 is 1.81 bits per heavy atom. The first-order valence-electron chi connectivity index (χ1n) is 15.5. The molecule has 0 aliphatic carbocycles. The molecule has 2 unspecified atom stereocenters. The molecule has 0 saturated heterocycles. The maximum Gasteiger partial charge on any atom is 0.0618 e. The Hall–Kier alpha value is -2.10. The molecule has 0 bridgehead atoms. The summed E-state index contributed by atoms with van der Waals surface area (Å²) in [5.41, 5.74) is 3.30. The number of pyridine rings is 1. The van der Waals surface area contributed by atoms with E-state index in [4.69, 9.17) is 0 Å². The van der Waals surface area contributed by atoms with Gasteiger partial charge in [0.1, 0.15) is 0 Å². The van der Waals surface area contributed by atoms with Gasteiger partial charge in [0.2, 0.25) is 0 Å². The molecule has 0 amide bonds. The smallest absolute Gasteiger partial charge is 0.0618 e. The van der Waals surface area contributed by atoms with Gasteiger partial charge in [-0.05, 0) is 70.0 Å². The van der Waals surface area contributed by atoms with E-state index in [9.17, 15) is 10.2 Å². The quantitative estimate of drug-likeness (QED) is 0.133. The van der Waals surface area contributed by atoms with Crippen LogP contribution in [0.2, 0.25) is 0 Å². The first-order chi connectivity index (χ1) is 19.3. The van der Waals surface area contributed by atoms with E-state index >= 15 is 0 Å². The van der Waals surface area contributed by atoms with Crippen molar-refractivity contribution in [3.05, 3.63) is 78.5 Å². The van der Waals surface area contributed by atoms with Gasteiger partial charge in [-0.25, -0.2) is 0 Å². The fraction of sp³-hybridized carbons (Fsp3) is 0.500. The number of aliphatic hydroxyl groups excluding tert-OH is 2. The second kappa shape index (κ2) is 15.1. The number of aromatic nitrogens is 1. The van der Waals surface area contributed by atoms with Gasteiger partial charge in [-0.2, -0.15) is 0 Å². The minimum Gasteiger partial charge on any atom is -0.392 e. The third kappa shape index (κ3) is 8.29. The maximum absolute atomic E-state index is 10.3. The number of aliphatic hydroxyl groups is 2. The Kier molecular flexibility index (Phi) is 12.9. The van der Waals surface area contributed by atoms with Crippen LogP contribution in [0, 0.1) is 16.9 Å². The molecule has 2 atom stereocenters. The fourth-order valence-corrected chi connectivity index (χ4v) is 5.36. The summed E-state index contributed by atoms with van der Waals surface area (Å²) in [6.45, 7) is 19.3. The van der Waals surface area contributed by atoms with Gasteiger partial charge in [0.25, 0.3) is 0 Å². The molecule has 42 heavy (non-hydrogen) atoms. The van der Waals surface area contributed by atoms with Crippen molar-refractivity contribution in [3.63, 3.8) is 0 Å². The zero-order valence-corrected chi connectivity index (χ0v) is 29.6. The number of rotatable bonds is 9. The number of fused-ring (bicyclic) bond motifs is 3. The number of hydrogen-bond donors (Lipinski definition) is 2. The van der Waals surface area contributed by atoms with E-state index in [2.05, 4.69) is 134 Å². The van der Waals surface area contributed by atoms with Crippen molar-refractivity contribution in [1.29, 1.82) is 0 Å². The van der Waals surface area contributed by atoms with E-state index in [1.165, 1.54) is 27.1 Å². The molecule has 4 aromatic rings. The first kappa shape index (κ1) is 36.1. The molecule has 3 aromatic carbocycles. The van der Waals surface area contributed by atoms with Gasteiger partial charge >= 0.3 is 0 Å². The third-order valence-electron chi connectivity index (χ3n) is 9.86.